The Balaban J connectivity index is 2.00. The molecule has 0 atom stereocenters. The molecule has 0 saturated heterocycles. The van der Waals surface area contributed by atoms with Gasteiger partial charge in [0.1, 0.15) is 11.5 Å². The summed E-state index contributed by atoms with van der Waals surface area (Å²) < 4.78 is 15.2. The summed E-state index contributed by atoms with van der Waals surface area (Å²) in [6, 6.07) is 9.28. The molecule has 0 aromatic heterocycles. The van der Waals surface area contributed by atoms with Gasteiger partial charge in [-0.3, -0.25) is 4.79 Å². The highest BCUT2D eigenvalue weighted by Crippen LogP contribution is 2.28. The first-order chi connectivity index (χ1) is 11.9. The van der Waals surface area contributed by atoms with Crippen LogP contribution in [-0.2, 0) is 9.53 Å². The van der Waals surface area contributed by atoms with Gasteiger partial charge in [-0.15, -0.1) is 0 Å². The number of carbonyl (C=O) groups is 2. The second-order valence-electron chi connectivity index (χ2n) is 4.81. The Bertz CT molecular complexity index is 795. The molecule has 2 aromatic carbocycles. The second kappa shape index (κ2) is 8.60. The largest absolute Gasteiger partial charge is 0.497 e. The van der Waals surface area contributed by atoms with Crippen molar-refractivity contribution in [1.29, 1.82) is 0 Å². The summed E-state index contributed by atoms with van der Waals surface area (Å²) in [6.45, 7) is -0.488. The third-order valence-electron chi connectivity index (χ3n) is 3.17. The molecule has 1 amide bonds. The maximum absolute atomic E-state index is 12.0. The van der Waals surface area contributed by atoms with Gasteiger partial charge < -0.3 is 19.5 Å². The average molecular weight is 384 g/mol. The van der Waals surface area contributed by atoms with Crippen molar-refractivity contribution >= 4 is 40.8 Å². The van der Waals surface area contributed by atoms with Crippen molar-refractivity contribution in [3.05, 3.63) is 52.0 Å². The van der Waals surface area contributed by atoms with Crippen LogP contribution in [0.4, 0.5) is 5.69 Å². The van der Waals surface area contributed by atoms with Crippen LogP contribution in [0.15, 0.2) is 36.4 Å². The first kappa shape index (κ1) is 18.9. The van der Waals surface area contributed by atoms with Crippen LogP contribution >= 0.6 is 23.2 Å². The number of carbonyl (C=O) groups excluding carboxylic acids is 2. The normalized spacial score (nSPS) is 10.1. The predicted octanol–water partition coefficient (Wildman–Crippen LogP) is 3.81. The SMILES string of the molecule is COc1ccc(OC)c(NC(=O)COC(=O)c2ccc(Cl)cc2Cl)c1. The summed E-state index contributed by atoms with van der Waals surface area (Å²) in [7, 11) is 2.98. The molecule has 0 fully saturated rings. The summed E-state index contributed by atoms with van der Waals surface area (Å²) in [5, 5.41) is 3.13. The molecule has 25 heavy (non-hydrogen) atoms. The lowest BCUT2D eigenvalue weighted by Gasteiger charge is -2.12. The average Bonchev–Trinajstić information content (AvgIpc) is 2.59. The van der Waals surface area contributed by atoms with E-state index < -0.39 is 18.5 Å². The molecule has 2 rings (SSSR count). The third-order valence-corrected chi connectivity index (χ3v) is 3.71. The van der Waals surface area contributed by atoms with Gasteiger partial charge in [0.05, 0.1) is 30.5 Å². The van der Waals surface area contributed by atoms with Gasteiger partial charge in [-0.2, -0.15) is 0 Å². The van der Waals surface area contributed by atoms with Crippen LogP contribution in [0, 0.1) is 0 Å². The molecule has 132 valence electrons. The molecular formula is C17H15Cl2NO5. The summed E-state index contributed by atoms with van der Waals surface area (Å²) in [6.07, 6.45) is 0. The lowest BCUT2D eigenvalue weighted by atomic mass is 10.2. The van der Waals surface area contributed by atoms with Crippen molar-refractivity contribution in [1.82, 2.24) is 0 Å². The van der Waals surface area contributed by atoms with Crippen molar-refractivity contribution in [3.63, 3.8) is 0 Å². The van der Waals surface area contributed by atoms with Crippen molar-refractivity contribution in [2.75, 3.05) is 26.1 Å². The Hall–Kier alpha value is -2.44. The number of esters is 1. The number of ether oxygens (including phenoxy) is 3. The Morgan fingerprint density at radius 1 is 1.04 bits per heavy atom. The zero-order valence-corrected chi connectivity index (χ0v) is 15.0. The van der Waals surface area contributed by atoms with Gasteiger partial charge in [-0.05, 0) is 30.3 Å². The van der Waals surface area contributed by atoms with Gasteiger partial charge in [-0.25, -0.2) is 4.79 Å². The molecule has 2 aromatic rings. The van der Waals surface area contributed by atoms with Crippen LogP contribution in [0.2, 0.25) is 10.0 Å². The van der Waals surface area contributed by atoms with Gasteiger partial charge in [0, 0.05) is 11.1 Å². The molecule has 1 N–H and O–H groups in total. The van der Waals surface area contributed by atoms with E-state index in [1.54, 1.807) is 18.2 Å². The van der Waals surface area contributed by atoms with Gasteiger partial charge in [0.15, 0.2) is 6.61 Å². The van der Waals surface area contributed by atoms with Crippen molar-refractivity contribution < 1.29 is 23.8 Å². The minimum atomic E-state index is -0.727. The Morgan fingerprint density at radius 3 is 2.44 bits per heavy atom. The quantitative estimate of drug-likeness (QED) is 0.767. The minimum absolute atomic E-state index is 0.123. The standard InChI is InChI=1S/C17H15Cl2NO5/c1-23-11-4-6-15(24-2)14(8-11)20-16(21)9-25-17(22)12-5-3-10(18)7-13(12)19/h3-8H,9H2,1-2H3,(H,20,21). The maximum Gasteiger partial charge on any atom is 0.340 e. The van der Waals surface area contributed by atoms with Crippen LogP contribution in [0.3, 0.4) is 0 Å². The molecular weight excluding hydrogens is 369 g/mol. The van der Waals surface area contributed by atoms with E-state index >= 15 is 0 Å². The number of hydrogen-bond donors (Lipinski definition) is 1. The number of hydrogen-bond acceptors (Lipinski definition) is 5. The van der Waals surface area contributed by atoms with Crippen LogP contribution in [0.1, 0.15) is 10.4 Å². The fourth-order valence-corrected chi connectivity index (χ4v) is 2.45. The summed E-state index contributed by atoms with van der Waals surface area (Å²) in [4.78, 5) is 24.0. The van der Waals surface area contributed by atoms with Gasteiger partial charge in [-0.1, -0.05) is 23.2 Å². The summed E-state index contributed by atoms with van der Waals surface area (Å²) in [5.74, 6) is -0.276. The fourth-order valence-electron chi connectivity index (χ4n) is 1.96. The number of nitrogens with one attached hydrogen (secondary N) is 1. The number of rotatable bonds is 6. The number of halogens is 2. The number of amides is 1. The molecule has 0 aliphatic carbocycles. The fraction of sp³-hybridized carbons (Fsp3) is 0.176. The molecule has 0 unspecified atom stereocenters. The molecule has 0 spiro atoms. The van der Waals surface area contributed by atoms with Crippen LogP contribution in [0.5, 0.6) is 11.5 Å². The Morgan fingerprint density at radius 2 is 1.80 bits per heavy atom. The predicted molar refractivity (Wildman–Crippen MR) is 94.9 cm³/mol. The number of benzene rings is 2. The first-order valence-corrected chi connectivity index (χ1v) is 7.84. The zero-order valence-electron chi connectivity index (χ0n) is 13.5. The lowest BCUT2D eigenvalue weighted by Crippen LogP contribution is -2.21. The van der Waals surface area contributed by atoms with Crippen LogP contribution in [0.25, 0.3) is 0 Å². The summed E-state index contributed by atoms with van der Waals surface area (Å²) in [5.41, 5.74) is 0.519. The monoisotopic (exact) mass is 383 g/mol. The highest BCUT2D eigenvalue weighted by molar-refractivity contribution is 6.36. The van der Waals surface area contributed by atoms with E-state index in [9.17, 15) is 9.59 Å². The number of anilines is 1. The molecule has 6 nitrogen and oxygen atoms in total. The van der Waals surface area contributed by atoms with Crippen molar-refractivity contribution in [2.24, 2.45) is 0 Å². The van der Waals surface area contributed by atoms with Gasteiger partial charge in [0.2, 0.25) is 0 Å². The third kappa shape index (κ3) is 5.01. The maximum atomic E-state index is 12.0. The number of methoxy groups -OCH3 is 2. The van der Waals surface area contributed by atoms with Gasteiger partial charge >= 0.3 is 5.97 Å². The molecule has 0 radical (unpaired) electrons. The van der Waals surface area contributed by atoms with E-state index in [-0.39, 0.29) is 10.6 Å². The highest BCUT2D eigenvalue weighted by atomic mass is 35.5. The van der Waals surface area contributed by atoms with E-state index in [1.165, 1.54) is 32.4 Å². The Kier molecular flexibility index (Phi) is 6.50. The minimum Gasteiger partial charge on any atom is -0.497 e. The highest BCUT2D eigenvalue weighted by Gasteiger charge is 2.15. The van der Waals surface area contributed by atoms with E-state index in [0.29, 0.717) is 22.2 Å². The first-order valence-electron chi connectivity index (χ1n) is 7.08. The van der Waals surface area contributed by atoms with Crippen LogP contribution in [-0.4, -0.2) is 32.7 Å². The lowest BCUT2D eigenvalue weighted by molar-refractivity contribution is -0.119. The second-order valence-corrected chi connectivity index (χ2v) is 5.66. The van der Waals surface area contributed by atoms with E-state index in [0.717, 1.165) is 0 Å². The molecule has 0 saturated carbocycles. The molecule has 0 heterocycles. The van der Waals surface area contributed by atoms with E-state index in [4.69, 9.17) is 37.4 Å². The molecule has 8 heteroatoms. The molecule has 0 aliphatic rings. The van der Waals surface area contributed by atoms with E-state index in [2.05, 4.69) is 5.32 Å². The summed E-state index contributed by atoms with van der Waals surface area (Å²) >= 11 is 11.7. The van der Waals surface area contributed by atoms with Crippen LogP contribution < -0.4 is 14.8 Å². The topological polar surface area (TPSA) is 73.9 Å². The zero-order chi connectivity index (χ0) is 18.4. The molecule has 0 aliphatic heterocycles. The smallest absolute Gasteiger partial charge is 0.340 e. The van der Waals surface area contributed by atoms with E-state index in [1.807, 2.05) is 0 Å². The van der Waals surface area contributed by atoms with Crippen molar-refractivity contribution in [3.8, 4) is 11.5 Å². The van der Waals surface area contributed by atoms with Gasteiger partial charge in [0.25, 0.3) is 5.91 Å². The molecule has 0 bridgehead atoms. The Labute approximate surface area is 154 Å². The van der Waals surface area contributed by atoms with Crippen molar-refractivity contribution in [2.45, 2.75) is 0 Å².